The highest BCUT2D eigenvalue weighted by Crippen LogP contribution is 2.21. The van der Waals surface area contributed by atoms with Gasteiger partial charge in [0.1, 0.15) is 4.90 Å². The molecular weight excluding hydrogens is 296 g/mol. The number of ether oxygens (including phenoxy) is 1. The molecule has 0 saturated carbocycles. The maximum Gasteiger partial charge on any atom is 0.337 e. The quantitative estimate of drug-likeness (QED) is 0.515. The van der Waals surface area contributed by atoms with Gasteiger partial charge in [-0.05, 0) is 24.1 Å². The highest BCUT2D eigenvalue weighted by molar-refractivity contribution is 7.89. The van der Waals surface area contributed by atoms with Gasteiger partial charge < -0.3 is 15.6 Å². The van der Waals surface area contributed by atoms with Crippen LogP contribution in [0.3, 0.4) is 0 Å². The molecule has 0 fully saturated rings. The van der Waals surface area contributed by atoms with E-state index in [4.69, 9.17) is 5.73 Å². The Kier molecular flexibility index (Phi) is 5.70. The Hall–Kier alpha value is -1.64. The fourth-order valence-corrected chi connectivity index (χ4v) is 3.17. The lowest BCUT2D eigenvalue weighted by atomic mass is 10.1. The maximum atomic E-state index is 12.3. The molecule has 4 N–H and O–H groups in total. The van der Waals surface area contributed by atoms with Crippen LogP contribution >= 0.6 is 0 Å². The molecule has 8 heteroatoms. The first-order chi connectivity index (χ1) is 9.72. The van der Waals surface area contributed by atoms with Crippen LogP contribution in [-0.4, -0.2) is 39.3 Å². The van der Waals surface area contributed by atoms with Crippen LogP contribution in [0.2, 0.25) is 0 Å². The molecule has 1 aromatic rings. The maximum absolute atomic E-state index is 12.3. The predicted octanol–water partition coefficient (Wildman–Crippen LogP) is 0.351. The standard InChI is InChI=1S/C13H20N2O5S/c1-8(2)11(7-16)15-21(18,19)12-5-4-9(6-10(12)14)13(17)20-3/h4-6,8,11,15-16H,7,14H2,1-3H3. The minimum absolute atomic E-state index is 0.0640. The molecule has 0 bridgehead atoms. The Morgan fingerprint density at radius 2 is 2.05 bits per heavy atom. The van der Waals surface area contributed by atoms with Crippen molar-refractivity contribution in [2.45, 2.75) is 24.8 Å². The number of anilines is 1. The summed E-state index contributed by atoms with van der Waals surface area (Å²) in [6.07, 6.45) is 0. The lowest BCUT2D eigenvalue weighted by Gasteiger charge is -2.20. The second-order valence-corrected chi connectivity index (χ2v) is 6.58. The highest BCUT2D eigenvalue weighted by atomic mass is 32.2. The average molecular weight is 316 g/mol. The van der Waals surface area contributed by atoms with E-state index in [1.807, 2.05) is 0 Å². The first-order valence-corrected chi connectivity index (χ1v) is 7.82. The molecule has 1 unspecified atom stereocenters. The van der Waals surface area contributed by atoms with Crippen molar-refractivity contribution in [1.82, 2.24) is 4.72 Å². The summed E-state index contributed by atoms with van der Waals surface area (Å²) in [5.41, 5.74) is 5.80. The number of rotatable bonds is 6. The molecule has 1 aromatic carbocycles. The van der Waals surface area contributed by atoms with E-state index in [1.54, 1.807) is 13.8 Å². The SMILES string of the molecule is COC(=O)c1ccc(S(=O)(=O)NC(CO)C(C)C)c(N)c1. The zero-order valence-electron chi connectivity index (χ0n) is 12.2. The number of nitrogens with two attached hydrogens (primary N) is 1. The van der Waals surface area contributed by atoms with Gasteiger partial charge in [-0.15, -0.1) is 0 Å². The lowest BCUT2D eigenvalue weighted by molar-refractivity contribution is 0.0600. The summed E-state index contributed by atoms with van der Waals surface area (Å²) in [6.45, 7) is 3.25. The van der Waals surface area contributed by atoms with Crippen LogP contribution in [0.5, 0.6) is 0 Å². The van der Waals surface area contributed by atoms with E-state index in [1.165, 1.54) is 25.3 Å². The first kappa shape index (κ1) is 17.4. The number of sulfonamides is 1. The number of benzene rings is 1. The van der Waals surface area contributed by atoms with Gasteiger partial charge in [0.15, 0.2) is 0 Å². The zero-order chi connectivity index (χ0) is 16.2. The van der Waals surface area contributed by atoms with Gasteiger partial charge >= 0.3 is 5.97 Å². The Balaban J connectivity index is 3.12. The van der Waals surface area contributed by atoms with Crippen LogP contribution in [0.25, 0.3) is 0 Å². The number of nitrogen functional groups attached to an aromatic ring is 1. The van der Waals surface area contributed by atoms with E-state index in [-0.39, 0.29) is 28.7 Å². The van der Waals surface area contributed by atoms with E-state index < -0.39 is 22.0 Å². The third-order valence-corrected chi connectivity index (χ3v) is 4.59. The largest absolute Gasteiger partial charge is 0.465 e. The van der Waals surface area contributed by atoms with Gasteiger partial charge in [0.25, 0.3) is 0 Å². The third-order valence-electron chi connectivity index (χ3n) is 3.03. The van der Waals surface area contributed by atoms with Crippen LogP contribution in [0, 0.1) is 5.92 Å². The number of hydrogen-bond donors (Lipinski definition) is 3. The normalized spacial score (nSPS) is 13.2. The predicted molar refractivity (Wildman–Crippen MR) is 78.2 cm³/mol. The number of hydrogen-bond acceptors (Lipinski definition) is 6. The molecule has 0 aliphatic rings. The molecular formula is C13H20N2O5S. The van der Waals surface area contributed by atoms with E-state index in [0.717, 1.165) is 0 Å². The number of nitrogens with one attached hydrogen (secondary N) is 1. The van der Waals surface area contributed by atoms with Gasteiger partial charge in [-0.2, -0.15) is 0 Å². The topological polar surface area (TPSA) is 119 Å². The van der Waals surface area contributed by atoms with E-state index in [0.29, 0.717) is 0 Å². The van der Waals surface area contributed by atoms with Gasteiger partial charge in [-0.3, -0.25) is 0 Å². The number of aliphatic hydroxyl groups is 1. The molecule has 1 atom stereocenters. The van der Waals surface area contributed by atoms with Crippen LogP contribution in [0.1, 0.15) is 24.2 Å². The Labute approximate surface area is 124 Å². The van der Waals surface area contributed by atoms with Crippen molar-refractivity contribution >= 4 is 21.7 Å². The monoisotopic (exact) mass is 316 g/mol. The molecule has 0 aliphatic heterocycles. The summed E-state index contributed by atoms with van der Waals surface area (Å²) in [6, 6.07) is 3.18. The molecule has 7 nitrogen and oxygen atoms in total. The summed E-state index contributed by atoms with van der Waals surface area (Å²) < 4.78 is 31.4. The van der Waals surface area contributed by atoms with Gasteiger partial charge in [0, 0.05) is 6.04 Å². The number of methoxy groups -OCH3 is 1. The molecule has 0 amide bonds. The van der Waals surface area contributed by atoms with Gasteiger partial charge in [0.05, 0.1) is 25.0 Å². The fourth-order valence-electron chi connectivity index (χ4n) is 1.68. The Morgan fingerprint density at radius 1 is 1.43 bits per heavy atom. The lowest BCUT2D eigenvalue weighted by Crippen LogP contribution is -2.41. The van der Waals surface area contributed by atoms with Crippen molar-refractivity contribution in [3.63, 3.8) is 0 Å². The number of esters is 1. The van der Waals surface area contributed by atoms with Crippen LogP contribution in [-0.2, 0) is 14.8 Å². The van der Waals surface area contributed by atoms with E-state index in [2.05, 4.69) is 9.46 Å². The molecule has 0 radical (unpaired) electrons. The molecule has 0 aliphatic carbocycles. The summed E-state index contributed by atoms with van der Waals surface area (Å²) in [4.78, 5) is 11.2. The molecule has 0 heterocycles. The number of aliphatic hydroxyl groups excluding tert-OH is 1. The first-order valence-electron chi connectivity index (χ1n) is 6.34. The summed E-state index contributed by atoms with van der Waals surface area (Å²) >= 11 is 0. The summed E-state index contributed by atoms with van der Waals surface area (Å²) in [5, 5.41) is 9.21. The van der Waals surface area contributed by atoms with Gasteiger partial charge in [-0.25, -0.2) is 17.9 Å². The number of carbonyl (C=O) groups is 1. The smallest absolute Gasteiger partial charge is 0.337 e. The van der Waals surface area contributed by atoms with Crippen molar-refractivity contribution in [2.75, 3.05) is 19.5 Å². The third kappa shape index (κ3) is 4.16. The summed E-state index contributed by atoms with van der Waals surface area (Å²) in [5.74, 6) is -0.686. The van der Waals surface area contributed by atoms with Crippen LogP contribution in [0.15, 0.2) is 23.1 Å². The average Bonchev–Trinajstić information content (AvgIpc) is 2.43. The van der Waals surface area contributed by atoms with Gasteiger partial charge in [-0.1, -0.05) is 13.8 Å². The van der Waals surface area contributed by atoms with Crippen LogP contribution in [0.4, 0.5) is 5.69 Å². The Bertz CT molecular complexity index is 613. The molecule has 0 saturated heterocycles. The minimum atomic E-state index is -3.88. The zero-order valence-corrected chi connectivity index (χ0v) is 13.0. The van der Waals surface area contributed by atoms with Crippen molar-refractivity contribution in [3.05, 3.63) is 23.8 Å². The van der Waals surface area contributed by atoms with E-state index in [9.17, 15) is 18.3 Å². The number of carbonyl (C=O) groups excluding carboxylic acids is 1. The van der Waals surface area contributed by atoms with Gasteiger partial charge in [0.2, 0.25) is 10.0 Å². The molecule has 0 aromatic heterocycles. The Morgan fingerprint density at radius 3 is 2.48 bits per heavy atom. The second kappa shape index (κ2) is 6.88. The molecule has 118 valence electrons. The molecule has 1 rings (SSSR count). The fraction of sp³-hybridized carbons (Fsp3) is 0.462. The van der Waals surface area contributed by atoms with Crippen LogP contribution < -0.4 is 10.5 Å². The van der Waals surface area contributed by atoms with Crippen molar-refractivity contribution in [2.24, 2.45) is 5.92 Å². The highest BCUT2D eigenvalue weighted by Gasteiger charge is 2.24. The molecule has 0 spiro atoms. The summed E-state index contributed by atoms with van der Waals surface area (Å²) in [7, 11) is -2.66. The molecule has 21 heavy (non-hydrogen) atoms. The van der Waals surface area contributed by atoms with Crippen molar-refractivity contribution in [3.8, 4) is 0 Å². The van der Waals surface area contributed by atoms with E-state index >= 15 is 0 Å². The second-order valence-electron chi connectivity index (χ2n) is 4.90. The minimum Gasteiger partial charge on any atom is -0.465 e. The van der Waals surface area contributed by atoms with Crippen molar-refractivity contribution in [1.29, 1.82) is 0 Å². The van der Waals surface area contributed by atoms with Crippen molar-refractivity contribution < 1.29 is 23.1 Å².